The third-order valence-corrected chi connectivity index (χ3v) is 7.01. The predicted molar refractivity (Wildman–Crippen MR) is 115 cm³/mol. The van der Waals surface area contributed by atoms with Gasteiger partial charge in [-0.2, -0.15) is 5.26 Å². The minimum Gasteiger partial charge on any atom is -0.354 e. The third-order valence-electron chi connectivity index (χ3n) is 5.98. The SMILES string of the molecule is N#CN1CC2CC[C@]2(NC(=O)c2ncc(-c3ccncc3Nc3ccccc3)s2)C1. The zero-order valence-electron chi connectivity index (χ0n) is 16.2. The number of para-hydroxylation sites is 1. The van der Waals surface area contributed by atoms with E-state index in [2.05, 4.69) is 26.8 Å². The monoisotopic (exact) mass is 416 g/mol. The molecule has 5 rings (SSSR count). The van der Waals surface area contributed by atoms with Gasteiger partial charge in [-0.25, -0.2) is 4.98 Å². The lowest BCUT2D eigenvalue weighted by Gasteiger charge is -2.44. The van der Waals surface area contributed by atoms with E-state index in [9.17, 15) is 10.1 Å². The number of aromatic nitrogens is 2. The Labute approximate surface area is 178 Å². The van der Waals surface area contributed by atoms with Gasteiger partial charge in [0.05, 0.1) is 28.8 Å². The van der Waals surface area contributed by atoms with Gasteiger partial charge in [-0.3, -0.25) is 9.78 Å². The third kappa shape index (κ3) is 3.27. The highest BCUT2D eigenvalue weighted by Crippen LogP contribution is 2.44. The van der Waals surface area contributed by atoms with Gasteiger partial charge in [0.2, 0.25) is 0 Å². The van der Waals surface area contributed by atoms with Crippen LogP contribution in [0.5, 0.6) is 0 Å². The summed E-state index contributed by atoms with van der Waals surface area (Å²) in [6.07, 6.45) is 9.41. The topological polar surface area (TPSA) is 93.9 Å². The number of carbonyl (C=O) groups excluding carboxylic acids is 1. The predicted octanol–water partition coefficient (Wildman–Crippen LogP) is 3.62. The second kappa shape index (κ2) is 7.43. The Bertz CT molecular complexity index is 1120. The molecule has 1 aliphatic carbocycles. The van der Waals surface area contributed by atoms with Gasteiger partial charge in [-0.05, 0) is 31.0 Å². The summed E-state index contributed by atoms with van der Waals surface area (Å²) < 4.78 is 0. The first-order chi connectivity index (χ1) is 14.7. The van der Waals surface area contributed by atoms with Crippen molar-refractivity contribution in [3.05, 3.63) is 60.0 Å². The van der Waals surface area contributed by atoms with Crippen LogP contribution in [0.15, 0.2) is 55.0 Å². The number of benzene rings is 1. The van der Waals surface area contributed by atoms with E-state index in [4.69, 9.17) is 0 Å². The summed E-state index contributed by atoms with van der Waals surface area (Å²) >= 11 is 1.36. The van der Waals surface area contributed by atoms with Crippen molar-refractivity contribution in [3.8, 4) is 16.6 Å². The summed E-state index contributed by atoms with van der Waals surface area (Å²) in [6.45, 7) is 1.32. The summed E-state index contributed by atoms with van der Waals surface area (Å²) in [4.78, 5) is 24.2. The Kier molecular flexibility index (Phi) is 4.60. The van der Waals surface area contributed by atoms with Crippen LogP contribution < -0.4 is 10.6 Å². The maximum absolute atomic E-state index is 12.9. The number of hydrogen-bond donors (Lipinski definition) is 2. The molecule has 1 amide bonds. The summed E-state index contributed by atoms with van der Waals surface area (Å²) in [6, 6.07) is 11.8. The minimum atomic E-state index is -0.282. The number of nitrogens with zero attached hydrogens (tertiary/aromatic N) is 4. The van der Waals surface area contributed by atoms with Crippen LogP contribution in [0.2, 0.25) is 0 Å². The van der Waals surface area contributed by atoms with E-state index in [0.717, 1.165) is 41.2 Å². The molecule has 3 heterocycles. The number of thiazole rings is 1. The average molecular weight is 417 g/mol. The molecule has 7 nitrogen and oxygen atoms in total. The van der Waals surface area contributed by atoms with Gasteiger partial charge in [0.25, 0.3) is 5.91 Å². The lowest BCUT2D eigenvalue weighted by molar-refractivity contribution is 0.0762. The maximum Gasteiger partial charge on any atom is 0.280 e. The molecular formula is C22H20N6OS. The summed E-state index contributed by atoms with van der Waals surface area (Å²) in [5.41, 5.74) is 2.49. The molecule has 150 valence electrons. The first kappa shape index (κ1) is 18.6. The molecule has 8 heteroatoms. The van der Waals surface area contributed by atoms with Gasteiger partial charge < -0.3 is 15.5 Å². The van der Waals surface area contributed by atoms with Crippen molar-refractivity contribution in [1.29, 1.82) is 5.26 Å². The molecule has 2 N–H and O–H groups in total. The molecule has 2 atom stereocenters. The first-order valence-electron chi connectivity index (χ1n) is 9.86. The molecule has 1 saturated carbocycles. The molecule has 0 radical (unpaired) electrons. The molecule has 1 saturated heterocycles. The van der Waals surface area contributed by atoms with E-state index < -0.39 is 0 Å². The number of nitrogens with one attached hydrogen (secondary N) is 2. The van der Waals surface area contributed by atoms with Crippen molar-refractivity contribution >= 4 is 28.6 Å². The molecule has 2 fully saturated rings. The van der Waals surface area contributed by atoms with Crippen LogP contribution in [0.1, 0.15) is 22.6 Å². The molecule has 30 heavy (non-hydrogen) atoms. The van der Waals surface area contributed by atoms with Crippen LogP contribution in [-0.4, -0.2) is 39.4 Å². The molecular weight excluding hydrogens is 396 g/mol. The fraction of sp³-hybridized carbons (Fsp3) is 0.273. The zero-order valence-corrected chi connectivity index (χ0v) is 17.0. The number of carbonyl (C=O) groups is 1. The number of fused-ring (bicyclic) bond motifs is 1. The lowest BCUT2D eigenvalue weighted by Crippen LogP contribution is -2.60. The van der Waals surface area contributed by atoms with E-state index in [1.54, 1.807) is 23.5 Å². The number of pyridine rings is 1. The van der Waals surface area contributed by atoms with Crippen LogP contribution in [0.4, 0.5) is 11.4 Å². The molecule has 1 unspecified atom stereocenters. The molecule has 1 aliphatic heterocycles. The summed E-state index contributed by atoms with van der Waals surface area (Å²) in [5.74, 6) is 0.185. The number of nitriles is 1. The molecule has 2 aromatic heterocycles. The van der Waals surface area contributed by atoms with Crippen molar-refractivity contribution in [2.75, 3.05) is 18.4 Å². The van der Waals surface area contributed by atoms with Crippen molar-refractivity contribution < 1.29 is 4.79 Å². The van der Waals surface area contributed by atoms with E-state index in [1.165, 1.54) is 11.3 Å². The van der Waals surface area contributed by atoms with Crippen LogP contribution in [0, 0.1) is 17.4 Å². The van der Waals surface area contributed by atoms with E-state index in [1.807, 2.05) is 36.4 Å². The zero-order chi connectivity index (χ0) is 20.6. The van der Waals surface area contributed by atoms with Crippen molar-refractivity contribution in [2.45, 2.75) is 18.4 Å². The number of hydrogen-bond acceptors (Lipinski definition) is 7. The smallest absolute Gasteiger partial charge is 0.280 e. The van der Waals surface area contributed by atoms with Gasteiger partial charge in [-0.15, -0.1) is 11.3 Å². The van der Waals surface area contributed by atoms with E-state index in [0.29, 0.717) is 17.5 Å². The molecule has 2 aliphatic rings. The standard InChI is InChI=1S/C22H20N6OS/c23-14-28-12-15-6-8-22(15,13-28)27-20(29)21-25-11-19(30-21)17-7-9-24-10-18(17)26-16-4-2-1-3-5-16/h1-5,7,9-11,15,26H,6,8,12-13H2,(H,27,29)/t15?,22-/m0/s1. The summed E-state index contributed by atoms with van der Waals surface area (Å²) in [7, 11) is 0. The van der Waals surface area contributed by atoms with Gasteiger partial charge in [0.1, 0.15) is 0 Å². The number of rotatable bonds is 5. The van der Waals surface area contributed by atoms with Crippen LogP contribution >= 0.6 is 11.3 Å². The highest BCUT2D eigenvalue weighted by atomic mass is 32.1. The van der Waals surface area contributed by atoms with Gasteiger partial charge in [0.15, 0.2) is 11.2 Å². The molecule has 1 aromatic carbocycles. The van der Waals surface area contributed by atoms with Crippen molar-refractivity contribution in [2.24, 2.45) is 5.92 Å². The van der Waals surface area contributed by atoms with Crippen molar-refractivity contribution in [3.63, 3.8) is 0 Å². The number of likely N-dealkylation sites (tertiary alicyclic amines) is 1. The van der Waals surface area contributed by atoms with Crippen LogP contribution in [0.25, 0.3) is 10.4 Å². The Morgan fingerprint density at radius 3 is 2.90 bits per heavy atom. The Morgan fingerprint density at radius 2 is 2.13 bits per heavy atom. The molecule has 0 bridgehead atoms. The van der Waals surface area contributed by atoms with Crippen LogP contribution in [-0.2, 0) is 0 Å². The Morgan fingerprint density at radius 1 is 1.27 bits per heavy atom. The highest BCUT2D eigenvalue weighted by Gasteiger charge is 2.54. The highest BCUT2D eigenvalue weighted by molar-refractivity contribution is 7.17. The Balaban J connectivity index is 1.35. The van der Waals surface area contributed by atoms with Gasteiger partial charge in [0, 0.05) is 36.1 Å². The average Bonchev–Trinajstić information content (AvgIpc) is 3.34. The molecule has 0 spiro atoms. The first-order valence-corrected chi connectivity index (χ1v) is 10.7. The van der Waals surface area contributed by atoms with Crippen LogP contribution in [0.3, 0.4) is 0 Å². The van der Waals surface area contributed by atoms with Gasteiger partial charge >= 0.3 is 0 Å². The van der Waals surface area contributed by atoms with E-state index in [-0.39, 0.29) is 11.4 Å². The number of anilines is 2. The second-order valence-electron chi connectivity index (χ2n) is 7.77. The quantitative estimate of drug-likeness (QED) is 0.617. The van der Waals surface area contributed by atoms with Crippen molar-refractivity contribution in [1.82, 2.24) is 20.2 Å². The fourth-order valence-electron chi connectivity index (χ4n) is 4.29. The van der Waals surface area contributed by atoms with E-state index >= 15 is 0 Å². The fourth-order valence-corrected chi connectivity index (χ4v) is 5.14. The van der Waals surface area contributed by atoms with Gasteiger partial charge in [-0.1, -0.05) is 18.2 Å². The number of amides is 1. The Hall–Kier alpha value is -3.44. The normalized spacial score (nSPS) is 22.0. The largest absolute Gasteiger partial charge is 0.354 e. The minimum absolute atomic E-state index is 0.164. The lowest BCUT2D eigenvalue weighted by atomic mass is 9.69. The maximum atomic E-state index is 12.9. The molecule has 3 aromatic rings. The second-order valence-corrected chi connectivity index (χ2v) is 8.80. The summed E-state index contributed by atoms with van der Waals surface area (Å²) in [5, 5.41) is 16.2.